The molecular weight excluding hydrogens is 268 g/mol. The molecule has 4 heteroatoms. The summed E-state index contributed by atoms with van der Waals surface area (Å²) in [5, 5.41) is 5.80. The van der Waals surface area contributed by atoms with Crippen LogP contribution in [0.5, 0.6) is 0 Å². The van der Waals surface area contributed by atoms with Gasteiger partial charge in [-0.15, -0.1) is 11.3 Å². The van der Waals surface area contributed by atoms with Gasteiger partial charge in [0, 0.05) is 43.1 Å². The van der Waals surface area contributed by atoms with Crippen molar-refractivity contribution in [2.45, 2.75) is 32.7 Å². The van der Waals surface area contributed by atoms with Crippen LogP contribution in [0.25, 0.3) is 0 Å². The summed E-state index contributed by atoms with van der Waals surface area (Å²) in [5.74, 6) is 0. The quantitative estimate of drug-likeness (QED) is 0.903. The first-order valence-electron chi connectivity index (χ1n) is 7.87. The van der Waals surface area contributed by atoms with Crippen LogP contribution in [0.2, 0.25) is 0 Å². The highest BCUT2D eigenvalue weighted by atomic mass is 32.1. The van der Waals surface area contributed by atoms with Crippen molar-refractivity contribution in [1.29, 1.82) is 0 Å². The third-order valence-electron chi connectivity index (χ3n) is 4.60. The topological polar surface area (TPSA) is 24.5 Å². The molecule has 1 aromatic rings. The largest absolute Gasteiger partial charge is 0.381 e. The number of thiophene rings is 1. The lowest BCUT2D eigenvalue weighted by Gasteiger charge is -2.42. The zero-order valence-electron chi connectivity index (χ0n) is 12.5. The summed E-state index contributed by atoms with van der Waals surface area (Å²) in [6.45, 7) is 9.72. The Hall–Kier alpha value is -0.420. The second-order valence-electron chi connectivity index (χ2n) is 6.27. The molecule has 3 rings (SSSR count). The van der Waals surface area contributed by atoms with E-state index in [2.05, 4.69) is 28.6 Å². The predicted molar refractivity (Wildman–Crippen MR) is 84.3 cm³/mol. The van der Waals surface area contributed by atoms with Gasteiger partial charge in [-0.05, 0) is 42.8 Å². The maximum atomic E-state index is 5.81. The second kappa shape index (κ2) is 6.56. The number of rotatable bonds is 5. The lowest BCUT2D eigenvalue weighted by molar-refractivity contribution is -0.0279. The zero-order chi connectivity index (χ0) is 13.8. The number of hydrogen-bond acceptors (Lipinski definition) is 4. The van der Waals surface area contributed by atoms with E-state index in [1.54, 1.807) is 10.4 Å². The van der Waals surface area contributed by atoms with E-state index in [0.717, 1.165) is 32.8 Å². The van der Waals surface area contributed by atoms with Crippen molar-refractivity contribution in [3.8, 4) is 0 Å². The smallest absolute Gasteiger partial charge is 0.0546 e. The molecule has 3 heterocycles. The number of fused-ring (bicyclic) bond motifs is 1. The SMILES string of the molecule is CCNCC1(CN2CCc3sccc3C2)CCCOC1. The molecule has 0 aromatic carbocycles. The Balaban J connectivity index is 1.64. The molecular formula is C16H26N2OS. The summed E-state index contributed by atoms with van der Waals surface area (Å²) < 4.78 is 5.81. The van der Waals surface area contributed by atoms with Crippen LogP contribution in [0.1, 0.15) is 30.2 Å². The van der Waals surface area contributed by atoms with Gasteiger partial charge in [0.1, 0.15) is 0 Å². The van der Waals surface area contributed by atoms with E-state index in [0.29, 0.717) is 5.41 Å². The van der Waals surface area contributed by atoms with Crippen LogP contribution >= 0.6 is 11.3 Å². The van der Waals surface area contributed by atoms with Gasteiger partial charge in [-0.1, -0.05) is 6.92 Å². The van der Waals surface area contributed by atoms with Gasteiger partial charge < -0.3 is 10.1 Å². The molecule has 2 aliphatic heterocycles. The lowest BCUT2D eigenvalue weighted by atomic mass is 9.81. The summed E-state index contributed by atoms with van der Waals surface area (Å²) in [5.41, 5.74) is 1.87. The van der Waals surface area contributed by atoms with Crippen LogP contribution in [0.15, 0.2) is 11.4 Å². The summed E-state index contributed by atoms with van der Waals surface area (Å²) >= 11 is 1.92. The van der Waals surface area contributed by atoms with E-state index < -0.39 is 0 Å². The van der Waals surface area contributed by atoms with Crippen molar-refractivity contribution >= 4 is 11.3 Å². The molecule has 0 aliphatic carbocycles. The van der Waals surface area contributed by atoms with E-state index in [1.807, 2.05) is 11.3 Å². The number of ether oxygens (including phenoxy) is 1. The Labute approximate surface area is 126 Å². The van der Waals surface area contributed by atoms with Crippen molar-refractivity contribution in [3.63, 3.8) is 0 Å². The molecule has 20 heavy (non-hydrogen) atoms. The third-order valence-corrected chi connectivity index (χ3v) is 5.62. The van der Waals surface area contributed by atoms with E-state index in [9.17, 15) is 0 Å². The third kappa shape index (κ3) is 3.25. The molecule has 1 N–H and O–H groups in total. The summed E-state index contributed by atoms with van der Waals surface area (Å²) in [6, 6.07) is 2.31. The van der Waals surface area contributed by atoms with E-state index in [1.165, 1.54) is 32.4 Å². The summed E-state index contributed by atoms with van der Waals surface area (Å²) in [4.78, 5) is 4.24. The predicted octanol–water partition coefficient (Wildman–Crippen LogP) is 2.51. The second-order valence-corrected chi connectivity index (χ2v) is 7.27. The van der Waals surface area contributed by atoms with Crippen LogP contribution < -0.4 is 5.32 Å². The monoisotopic (exact) mass is 294 g/mol. The molecule has 0 saturated carbocycles. The minimum Gasteiger partial charge on any atom is -0.381 e. The van der Waals surface area contributed by atoms with E-state index in [4.69, 9.17) is 4.74 Å². The minimum absolute atomic E-state index is 0.321. The fourth-order valence-electron chi connectivity index (χ4n) is 3.54. The molecule has 0 spiro atoms. The van der Waals surface area contributed by atoms with Gasteiger partial charge in [-0.2, -0.15) is 0 Å². The van der Waals surface area contributed by atoms with Gasteiger partial charge in [-0.25, -0.2) is 0 Å². The van der Waals surface area contributed by atoms with Gasteiger partial charge in [0.05, 0.1) is 6.61 Å². The van der Waals surface area contributed by atoms with Gasteiger partial charge in [0.25, 0.3) is 0 Å². The number of nitrogens with zero attached hydrogens (tertiary/aromatic N) is 1. The number of nitrogens with one attached hydrogen (secondary N) is 1. The highest BCUT2D eigenvalue weighted by Crippen LogP contribution is 2.32. The van der Waals surface area contributed by atoms with Crippen LogP contribution in [0.4, 0.5) is 0 Å². The lowest BCUT2D eigenvalue weighted by Crippen LogP contribution is -2.49. The van der Waals surface area contributed by atoms with Crippen molar-refractivity contribution < 1.29 is 4.74 Å². The number of hydrogen-bond donors (Lipinski definition) is 1. The fourth-order valence-corrected chi connectivity index (χ4v) is 4.43. The Morgan fingerprint density at radius 2 is 2.45 bits per heavy atom. The molecule has 1 saturated heterocycles. The Kier molecular flexibility index (Phi) is 4.76. The first kappa shape index (κ1) is 14.5. The van der Waals surface area contributed by atoms with Crippen LogP contribution in [-0.2, 0) is 17.7 Å². The zero-order valence-corrected chi connectivity index (χ0v) is 13.3. The molecule has 1 fully saturated rings. The van der Waals surface area contributed by atoms with Crippen molar-refractivity contribution in [1.82, 2.24) is 10.2 Å². The highest BCUT2D eigenvalue weighted by molar-refractivity contribution is 7.10. The molecule has 0 amide bonds. The summed E-state index contributed by atoms with van der Waals surface area (Å²) in [6.07, 6.45) is 3.74. The van der Waals surface area contributed by atoms with Gasteiger partial charge >= 0.3 is 0 Å². The van der Waals surface area contributed by atoms with Crippen LogP contribution in [-0.4, -0.2) is 44.3 Å². The van der Waals surface area contributed by atoms with E-state index >= 15 is 0 Å². The average molecular weight is 294 g/mol. The first-order valence-corrected chi connectivity index (χ1v) is 8.75. The van der Waals surface area contributed by atoms with Crippen molar-refractivity contribution in [3.05, 3.63) is 21.9 Å². The molecule has 1 unspecified atom stereocenters. The van der Waals surface area contributed by atoms with Crippen LogP contribution in [0, 0.1) is 5.41 Å². The minimum atomic E-state index is 0.321. The molecule has 2 aliphatic rings. The fraction of sp³-hybridized carbons (Fsp3) is 0.750. The van der Waals surface area contributed by atoms with Gasteiger partial charge in [0.15, 0.2) is 0 Å². The molecule has 0 radical (unpaired) electrons. The average Bonchev–Trinajstić information content (AvgIpc) is 2.94. The van der Waals surface area contributed by atoms with E-state index in [-0.39, 0.29) is 0 Å². The van der Waals surface area contributed by atoms with Crippen molar-refractivity contribution in [2.75, 3.05) is 39.4 Å². The molecule has 3 nitrogen and oxygen atoms in total. The highest BCUT2D eigenvalue weighted by Gasteiger charge is 2.35. The maximum Gasteiger partial charge on any atom is 0.0546 e. The molecule has 1 aromatic heterocycles. The Morgan fingerprint density at radius 1 is 1.50 bits per heavy atom. The Bertz CT molecular complexity index is 426. The Morgan fingerprint density at radius 3 is 3.25 bits per heavy atom. The first-order chi connectivity index (χ1) is 9.81. The summed E-state index contributed by atoms with van der Waals surface area (Å²) in [7, 11) is 0. The maximum absolute atomic E-state index is 5.81. The molecule has 0 bridgehead atoms. The van der Waals surface area contributed by atoms with Gasteiger partial charge in [-0.3, -0.25) is 4.90 Å². The van der Waals surface area contributed by atoms with Gasteiger partial charge in [0.2, 0.25) is 0 Å². The van der Waals surface area contributed by atoms with Crippen LogP contribution in [0.3, 0.4) is 0 Å². The van der Waals surface area contributed by atoms with Crippen molar-refractivity contribution in [2.24, 2.45) is 5.41 Å². The standard InChI is InChI=1S/C16H26N2OS/c1-2-17-11-16(6-3-8-19-13-16)12-18-7-4-15-14(10-18)5-9-20-15/h5,9,17H,2-4,6-8,10-13H2,1H3. The molecule has 1 atom stereocenters. The normalized spacial score (nSPS) is 27.4. The molecule has 112 valence electrons.